The fraction of sp³-hybridized carbons (Fsp3) is 0.294. The third-order valence-electron chi connectivity index (χ3n) is 4.22. The summed E-state index contributed by atoms with van der Waals surface area (Å²) in [4.78, 5) is 31.3. The van der Waals surface area contributed by atoms with E-state index < -0.39 is 5.97 Å². The number of rotatable bonds is 3. The first-order valence-corrected chi connectivity index (χ1v) is 7.93. The zero-order valence-corrected chi connectivity index (χ0v) is 13.2. The van der Waals surface area contributed by atoms with E-state index in [1.807, 2.05) is 12.1 Å². The Morgan fingerprint density at radius 2 is 2.12 bits per heavy atom. The van der Waals surface area contributed by atoms with Crippen molar-refractivity contribution in [1.29, 1.82) is 0 Å². The van der Waals surface area contributed by atoms with Gasteiger partial charge in [0.25, 0.3) is 5.56 Å². The summed E-state index contributed by atoms with van der Waals surface area (Å²) in [5.41, 5.74) is 3.22. The van der Waals surface area contributed by atoms with Gasteiger partial charge in [-0.25, -0.2) is 14.5 Å². The van der Waals surface area contributed by atoms with Crippen LogP contribution in [0, 0.1) is 0 Å². The van der Waals surface area contributed by atoms with E-state index in [2.05, 4.69) is 15.1 Å². The molecule has 122 valence electrons. The van der Waals surface area contributed by atoms with Gasteiger partial charge in [-0.1, -0.05) is 0 Å². The van der Waals surface area contributed by atoms with Gasteiger partial charge in [0, 0.05) is 6.20 Å². The summed E-state index contributed by atoms with van der Waals surface area (Å²) in [6, 6.07) is 3.91. The molecule has 7 heteroatoms. The number of benzene rings is 1. The minimum atomic E-state index is -0.454. The van der Waals surface area contributed by atoms with Crippen LogP contribution in [-0.4, -0.2) is 32.3 Å². The first-order valence-electron chi connectivity index (χ1n) is 7.93. The fourth-order valence-electron chi connectivity index (χ4n) is 3.06. The van der Waals surface area contributed by atoms with Crippen molar-refractivity contribution < 1.29 is 9.53 Å². The molecule has 3 aromatic rings. The van der Waals surface area contributed by atoms with Gasteiger partial charge >= 0.3 is 5.97 Å². The number of aromatic amines is 1. The molecule has 0 saturated carbocycles. The molecule has 0 fully saturated rings. The van der Waals surface area contributed by atoms with E-state index in [0.717, 1.165) is 19.3 Å². The number of aryl methyl sites for hydroxylation is 2. The number of aromatic nitrogens is 4. The molecule has 0 bridgehead atoms. The van der Waals surface area contributed by atoms with Gasteiger partial charge in [-0.05, 0) is 49.4 Å². The summed E-state index contributed by atoms with van der Waals surface area (Å²) in [6.45, 7) is 2.03. The minimum absolute atomic E-state index is 0.210. The molecule has 0 aliphatic heterocycles. The molecule has 7 nitrogen and oxygen atoms in total. The number of carbonyl (C=O) groups is 1. The monoisotopic (exact) mass is 324 g/mol. The van der Waals surface area contributed by atoms with Crippen molar-refractivity contribution in [3.8, 4) is 5.95 Å². The van der Waals surface area contributed by atoms with Crippen LogP contribution in [0.3, 0.4) is 0 Å². The van der Waals surface area contributed by atoms with Crippen LogP contribution in [0.5, 0.6) is 0 Å². The van der Waals surface area contributed by atoms with Crippen LogP contribution in [0.4, 0.5) is 0 Å². The number of hydrogen-bond acceptors (Lipinski definition) is 5. The van der Waals surface area contributed by atoms with Gasteiger partial charge in [0.1, 0.15) is 0 Å². The molecule has 24 heavy (non-hydrogen) atoms. The lowest BCUT2D eigenvalue weighted by Gasteiger charge is -2.05. The molecule has 0 radical (unpaired) electrons. The zero-order valence-electron chi connectivity index (χ0n) is 13.2. The first kappa shape index (κ1) is 14.6. The molecule has 1 aromatic carbocycles. The molecular weight excluding hydrogens is 308 g/mol. The highest BCUT2D eigenvalue weighted by Gasteiger charge is 2.16. The van der Waals surface area contributed by atoms with Crippen LogP contribution in [0.2, 0.25) is 0 Å². The molecule has 1 N–H and O–H groups in total. The van der Waals surface area contributed by atoms with Crippen LogP contribution in [0.15, 0.2) is 29.3 Å². The van der Waals surface area contributed by atoms with Crippen LogP contribution in [-0.2, 0) is 17.6 Å². The number of hydrogen-bond donors (Lipinski definition) is 1. The quantitative estimate of drug-likeness (QED) is 0.742. The maximum atomic E-state index is 12.4. The molecule has 0 spiro atoms. The van der Waals surface area contributed by atoms with Gasteiger partial charge in [0.15, 0.2) is 0 Å². The van der Waals surface area contributed by atoms with Crippen LogP contribution in [0.1, 0.15) is 34.8 Å². The zero-order chi connectivity index (χ0) is 16.7. The Balaban J connectivity index is 1.79. The number of ether oxygens (including phenoxy) is 1. The van der Waals surface area contributed by atoms with Gasteiger partial charge in [0.05, 0.1) is 29.3 Å². The van der Waals surface area contributed by atoms with E-state index in [4.69, 9.17) is 4.74 Å². The van der Waals surface area contributed by atoms with Crippen molar-refractivity contribution in [2.45, 2.75) is 26.2 Å². The van der Waals surface area contributed by atoms with Gasteiger partial charge in [0.2, 0.25) is 5.95 Å². The molecule has 4 rings (SSSR count). The lowest BCUT2D eigenvalue weighted by molar-refractivity contribution is 0.0526. The normalized spacial score (nSPS) is 13.2. The number of fused-ring (bicyclic) bond motifs is 2. The van der Waals surface area contributed by atoms with Crippen molar-refractivity contribution in [3.63, 3.8) is 0 Å². The molecule has 1 aliphatic rings. The third-order valence-corrected chi connectivity index (χ3v) is 4.22. The second kappa shape index (κ2) is 5.59. The van der Waals surface area contributed by atoms with Crippen LogP contribution in [0.25, 0.3) is 16.9 Å². The van der Waals surface area contributed by atoms with E-state index in [1.54, 1.807) is 6.92 Å². The van der Waals surface area contributed by atoms with E-state index in [9.17, 15) is 9.59 Å². The molecule has 2 aromatic heterocycles. The van der Waals surface area contributed by atoms with E-state index >= 15 is 0 Å². The summed E-state index contributed by atoms with van der Waals surface area (Å²) in [5, 5.41) is 4.67. The van der Waals surface area contributed by atoms with Crippen LogP contribution >= 0.6 is 0 Å². The summed E-state index contributed by atoms with van der Waals surface area (Å²) in [7, 11) is 0. The van der Waals surface area contributed by atoms with Gasteiger partial charge in [-0.2, -0.15) is 5.10 Å². The van der Waals surface area contributed by atoms with Crippen molar-refractivity contribution >= 4 is 16.9 Å². The Morgan fingerprint density at radius 1 is 1.33 bits per heavy atom. The second-order valence-corrected chi connectivity index (χ2v) is 5.78. The molecule has 2 heterocycles. The Hall–Kier alpha value is -2.96. The van der Waals surface area contributed by atoms with Crippen molar-refractivity contribution in [2.24, 2.45) is 0 Å². The Bertz CT molecular complexity index is 1000. The van der Waals surface area contributed by atoms with E-state index in [1.165, 1.54) is 28.2 Å². The smallest absolute Gasteiger partial charge is 0.341 e. The minimum Gasteiger partial charge on any atom is -0.462 e. The average molecular weight is 324 g/mol. The Kier molecular flexibility index (Phi) is 3.41. The predicted octanol–water partition coefficient (Wildman–Crippen LogP) is 1.77. The average Bonchev–Trinajstić information content (AvgIpc) is 3.22. The maximum Gasteiger partial charge on any atom is 0.341 e. The lowest BCUT2D eigenvalue weighted by atomic mass is 10.1. The lowest BCUT2D eigenvalue weighted by Crippen LogP contribution is -2.14. The highest BCUT2D eigenvalue weighted by atomic mass is 16.5. The largest absolute Gasteiger partial charge is 0.462 e. The van der Waals surface area contributed by atoms with Crippen molar-refractivity contribution in [1.82, 2.24) is 19.7 Å². The summed E-state index contributed by atoms with van der Waals surface area (Å²) < 4.78 is 6.31. The molecule has 0 saturated heterocycles. The number of nitrogens with zero attached hydrogens (tertiary/aromatic N) is 3. The second-order valence-electron chi connectivity index (χ2n) is 5.78. The molecular formula is C17H16N4O3. The number of nitrogens with one attached hydrogen (secondary N) is 1. The third kappa shape index (κ3) is 2.38. The SMILES string of the molecule is CCOC(=O)c1cnn(-c2nc3cc4c(cc3c(=O)[nH]2)CCC4)c1. The number of H-pyrrole nitrogens is 1. The highest BCUT2D eigenvalue weighted by Crippen LogP contribution is 2.25. The van der Waals surface area contributed by atoms with Crippen molar-refractivity contribution in [2.75, 3.05) is 6.61 Å². The number of carbonyl (C=O) groups excluding carboxylic acids is 1. The Labute approximate surface area is 137 Å². The number of esters is 1. The standard InChI is InChI=1S/C17H16N4O3/c1-2-24-16(23)12-8-18-21(9-12)17-19-14-7-11-5-3-4-10(11)6-13(14)15(22)20-17/h6-9H,2-5H2,1H3,(H,19,20,22). The molecule has 1 aliphatic carbocycles. The topological polar surface area (TPSA) is 89.9 Å². The van der Waals surface area contributed by atoms with Gasteiger partial charge in [-0.3, -0.25) is 9.78 Å². The first-order chi connectivity index (χ1) is 11.7. The van der Waals surface area contributed by atoms with Gasteiger partial charge in [-0.15, -0.1) is 0 Å². The predicted molar refractivity (Wildman–Crippen MR) is 87.5 cm³/mol. The summed E-state index contributed by atoms with van der Waals surface area (Å²) >= 11 is 0. The summed E-state index contributed by atoms with van der Waals surface area (Å²) in [5.74, 6) is -0.175. The Morgan fingerprint density at radius 3 is 2.92 bits per heavy atom. The maximum absolute atomic E-state index is 12.4. The van der Waals surface area contributed by atoms with Crippen molar-refractivity contribution in [3.05, 3.63) is 51.6 Å². The van der Waals surface area contributed by atoms with Gasteiger partial charge < -0.3 is 4.74 Å². The highest BCUT2D eigenvalue weighted by molar-refractivity contribution is 5.88. The molecule has 0 amide bonds. The van der Waals surface area contributed by atoms with E-state index in [-0.39, 0.29) is 11.5 Å². The molecule has 0 atom stereocenters. The molecule has 0 unspecified atom stereocenters. The van der Waals surface area contributed by atoms with Crippen LogP contribution < -0.4 is 5.56 Å². The summed E-state index contributed by atoms with van der Waals surface area (Å²) in [6.07, 6.45) is 6.03. The van der Waals surface area contributed by atoms with E-state index in [0.29, 0.717) is 23.1 Å². The fourth-order valence-corrected chi connectivity index (χ4v) is 3.06.